The molecule has 0 radical (unpaired) electrons. The molecule has 5 heteroatoms. The molecule has 0 saturated carbocycles. The van der Waals surface area contributed by atoms with E-state index in [2.05, 4.69) is 15.0 Å². The summed E-state index contributed by atoms with van der Waals surface area (Å²) in [5.41, 5.74) is 1.56. The van der Waals surface area contributed by atoms with Crippen molar-refractivity contribution >= 4 is 11.7 Å². The Hall–Kier alpha value is -1.62. The number of anilines is 1. The molecule has 5 nitrogen and oxygen atoms in total. The number of nitrogens with zero attached hydrogens (tertiary/aromatic N) is 1. The van der Waals surface area contributed by atoms with Gasteiger partial charge in [-0.1, -0.05) is 0 Å². The maximum atomic E-state index is 11.2. The van der Waals surface area contributed by atoms with E-state index < -0.39 is 12.0 Å². The van der Waals surface area contributed by atoms with Gasteiger partial charge in [0.15, 0.2) is 0 Å². The standard InChI is InChI=1S/C10H14N2O3/c1-7-5-8(3-4-11-7)12-9(6-13)10(14)15-2/h3-5,9,13H,6H2,1-2H3,(H,11,12). The van der Waals surface area contributed by atoms with Gasteiger partial charge in [-0.2, -0.15) is 0 Å². The van der Waals surface area contributed by atoms with E-state index in [1.54, 1.807) is 18.3 Å². The predicted molar refractivity (Wildman–Crippen MR) is 55.5 cm³/mol. The van der Waals surface area contributed by atoms with Gasteiger partial charge in [0.2, 0.25) is 0 Å². The van der Waals surface area contributed by atoms with Crippen LogP contribution in [0.15, 0.2) is 18.3 Å². The molecule has 0 spiro atoms. The maximum absolute atomic E-state index is 11.2. The number of pyridine rings is 1. The van der Waals surface area contributed by atoms with Gasteiger partial charge < -0.3 is 15.2 Å². The van der Waals surface area contributed by atoms with Crippen LogP contribution in [-0.2, 0) is 9.53 Å². The third-order valence-corrected chi connectivity index (χ3v) is 1.91. The lowest BCUT2D eigenvalue weighted by Crippen LogP contribution is -2.34. The number of aliphatic hydroxyl groups excluding tert-OH is 1. The van der Waals surface area contributed by atoms with Crippen LogP contribution in [0.25, 0.3) is 0 Å². The van der Waals surface area contributed by atoms with Crippen LogP contribution in [0.1, 0.15) is 5.69 Å². The number of aromatic nitrogens is 1. The maximum Gasteiger partial charge on any atom is 0.330 e. The summed E-state index contributed by atoms with van der Waals surface area (Å²) in [6.45, 7) is 1.53. The summed E-state index contributed by atoms with van der Waals surface area (Å²) >= 11 is 0. The first kappa shape index (κ1) is 11.5. The fourth-order valence-corrected chi connectivity index (χ4v) is 1.16. The van der Waals surface area contributed by atoms with Crippen LogP contribution in [-0.4, -0.2) is 35.8 Å². The second-order valence-electron chi connectivity index (χ2n) is 3.09. The minimum atomic E-state index is -0.739. The number of carbonyl (C=O) groups is 1. The lowest BCUT2D eigenvalue weighted by atomic mass is 10.2. The molecule has 1 heterocycles. The minimum Gasteiger partial charge on any atom is -0.467 e. The molecule has 1 atom stereocenters. The molecule has 0 saturated heterocycles. The van der Waals surface area contributed by atoms with Gasteiger partial charge in [-0.3, -0.25) is 4.98 Å². The number of esters is 1. The Morgan fingerprint density at radius 2 is 2.47 bits per heavy atom. The second-order valence-corrected chi connectivity index (χ2v) is 3.09. The zero-order valence-corrected chi connectivity index (χ0v) is 8.73. The van der Waals surface area contributed by atoms with Gasteiger partial charge in [0, 0.05) is 17.6 Å². The molecular formula is C10H14N2O3. The molecule has 15 heavy (non-hydrogen) atoms. The Morgan fingerprint density at radius 3 is 3.00 bits per heavy atom. The molecule has 0 aromatic carbocycles. The van der Waals surface area contributed by atoms with Gasteiger partial charge in [0.25, 0.3) is 0 Å². The van der Waals surface area contributed by atoms with Gasteiger partial charge in [-0.15, -0.1) is 0 Å². The third kappa shape index (κ3) is 3.21. The fraction of sp³-hybridized carbons (Fsp3) is 0.400. The molecular weight excluding hydrogens is 196 g/mol. The third-order valence-electron chi connectivity index (χ3n) is 1.91. The summed E-state index contributed by atoms with van der Waals surface area (Å²) in [6, 6.07) is 2.77. The Balaban J connectivity index is 2.70. The molecule has 0 aliphatic heterocycles. The van der Waals surface area contributed by atoms with Crippen molar-refractivity contribution in [3.8, 4) is 0 Å². The van der Waals surface area contributed by atoms with Crippen LogP contribution in [0.3, 0.4) is 0 Å². The molecule has 1 aromatic rings. The number of methoxy groups -OCH3 is 1. The predicted octanol–water partition coefficient (Wildman–Crippen LogP) is 0.336. The van der Waals surface area contributed by atoms with Crippen molar-refractivity contribution in [2.45, 2.75) is 13.0 Å². The van der Waals surface area contributed by atoms with E-state index in [1.807, 2.05) is 6.92 Å². The number of aryl methyl sites for hydroxylation is 1. The zero-order valence-electron chi connectivity index (χ0n) is 8.73. The average molecular weight is 210 g/mol. The van der Waals surface area contributed by atoms with Gasteiger partial charge in [0.05, 0.1) is 13.7 Å². The summed E-state index contributed by atoms with van der Waals surface area (Å²) < 4.78 is 4.53. The van der Waals surface area contributed by atoms with Crippen LogP contribution < -0.4 is 5.32 Å². The van der Waals surface area contributed by atoms with Crippen LogP contribution in [0, 0.1) is 6.92 Å². The van der Waals surface area contributed by atoms with Gasteiger partial charge in [0.1, 0.15) is 6.04 Å². The molecule has 0 fully saturated rings. The SMILES string of the molecule is COC(=O)C(CO)Nc1ccnc(C)c1. The van der Waals surface area contributed by atoms with Crippen LogP contribution >= 0.6 is 0 Å². The molecule has 0 bridgehead atoms. The molecule has 0 amide bonds. The molecule has 0 aliphatic carbocycles. The van der Waals surface area contributed by atoms with Crippen molar-refractivity contribution in [2.75, 3.05) is 19.0 Å². The first-order valence-corrected chi connectivity index (χ1v) is 4.55. The summed E-state index contributed by atoms with van der Waals surface area (Å²) in [5.74, 6) is -0.494. The first-order valence-electron chi connectivity index (χ1n) is 4.55. The van der Waals surface area contributed by atoms with E-state index in [1.165, 1.54) is 7.11 Å². The largest absolute Gasteiger partial charge is 0.467 e. The number of hydrogen-bond donors (Lipinski definition) is 2. The number of nitrogens with one attached hydrogen (secondary N) is 1. The van der Waals surface area contributed by atoms with Crippen LogP contribution in [0.4, 0.5) is 5.69 Å². The van der Waals surface area contributed by atoms with Crippen molar-refractivity contribution in [1.82, 2.24) is 4.98 Å². The second kappa shape index (κ2) is 5.31. The highest BCUT2D eigenvalue weighted by atomic mass is 16.5. The van der Waals surface area contributed by atoms with Crippen molar-refractivity contribution in [3.63, 3.8) is 0 Å². The van der Waals surface area contributed by atoms with Gasteiger partial charge >= 0.3 is 5.97 Å². The van der Waals surface area contributed by atoms with Crippen molar-refractivity contribution in [3.05, 3.63) is 24.0 Å². The summed E-state index contributed by atoms with van der Waals surface area (Å²) in [7, 11) is 1.28. The van der Waals surface area contributed by atoms with Gasteiger partial charge in [-0.05, 0) is 19.1 Å². The molecule has 2 N–H and O–H groups in total. The van der Waals surface area contributed by atoms with E-state index in [9.17, 15) is 4.79 Å². The summed E-state index contributed by atoms with van der Waals surface area (Å²) in [5, 5.41) is 11.8. The van der Waals surface area contributed by atoms with Crippen LogP contribution in [0.2, 0.25) is 0 Å². The number of ether oxygens (including phenoxy) is 1. The van der Waals surface area contributed by atoms with Crippen molar-refractivity contribution < 1.29 is 14.6 Å². The number of aliphatic hydroxyl groups is 1. The van der Waals surface area contributed by atoms with E-state index in [4.69, 9.17) is 5.11 Å². The Labute approximate surface area is 88.1 Å². The monoisotopic (exact) mass is 210 g/mol. The lowest BCUT2D eigenvalue weighted by molar-refractivity contribution is -0.142. The topological polar surface area (TPSA) is 71.5 Å². The Morgan fingerprint density at radius 1 is 1.73 bits per heavy atom. The smallest absolute Gasteiger partial charge is 0.330 e. The molecule has 1 rings (SSSR count). The summed E-state index contributed by atoms with van der Waals surface area (Å²) in [4.78, 5) is 15.2. The lowest BCUT2D eigenvalue weighted by Gasteiger charge is -2.14. The normalized spacial score (nSPS) is 11.9. The van der Waals surface area contributed by atoms with Crippen molar-refractivity contribution in [2.24, 2.45) is 0 Å². The zero-order chi connectivity index (χ0) is 11.3. The highest BCUT2D eigenvalue weighted by Gasteiger charge is 2.17. The minimum absolute atomic E-state index is 0.311. The van der Waals surface area contributed by atoms with E-state index in [-0.39, 0.29) is 6.61 Å². The highest BCUT2D eigenvalue weighted by Crippen LogP contribution is 2.09. The number of rotatable bonds is 4. The molecule has 1 unspecified atom stereocenters. The number of hydrogen-bond acceptors (Lipinski definition) is 5. The fourth-order valence-electron chi connectivity index (χ4n) is 1.16. The van der Waals surface area contributed by atoms with E-state index >= 15 is 0 Å². The average Bonchev–Trinajstić information content (AvgIpc) is 2.25. The van der Waals surface area contributed by atoms with E-state index in [0.29, 0.717) is 0 Å². The van der Waals surface area contributed by atoms with Gasteiger partial charge in [-0.25, -0.2) is 4.79 Å². The first-order chi connectivity index (χ1) is 7.17. The quantitative estimate of drug-likeness (QED) is 0.701. The summed E-state index contributed by atoms with van der Waals surface area (Å²) in [6.07, 6.45) is 1.63. The Kier molecular flexibility index (Phi) is 4.05. The Bertz CT molecular complexity index is 341. The van der Waals surface area contributed by atoms with Crippen molar-refractivity contribution in [1.29, 1.82) is 0 Å². The number of carbonyl (C=O) groups excluding carboxylic acids is 1. The van der Waals surface area contributed by atoms with E-state index in [0.717, 1.165) is 11.4 Å². The highest BCUT2D eigenvalue weighted by molar-refractivity contribution is 5.79. The molecule has 1 aromatic heterocycles. The molecule has 0 aliphatic rings. The molecule has 82 valence electrons. The van der Waals surface area contributed by atoms with Crippen LogP contribution in [0.5, 0.6) is 0 Å².